The second kappa shape index (κ2) is 5.02. The fourth-order valence-electron chi connectivity index (χ4n) is 1.83. The largest absolute Gasteiger partial charge is 0.438 e. The van der Waals surface area contributed by atoms with E-state index in [2.05, 4.69) is 9.97 Å². The highest BCUT2D eigenvalue weighted by Crippen LogP contribution is 2.32. The zero-order valence-electron chi connectivity index (χ0n) is 9.98. The highest BCUT2D eigenvalue weighted by Gasteiger charge is 2.11. The topological polar surface area (TPSA) is 35.0 Å². The van der Waals surface area contributed by atoms with Gasteiger partial charge < -0.3 is 4.74 Å². The first-order valence-corrected chi connectivity index (χ1v) is 6.04. The van der Waals surface area contributed by atoms with E-state index in [9.17, 15) is 8.78 Å². The normalized spacial score (nSPS) is 10.8. The van der Waals surface area contributed by atoms with Crippen molar-refractivity contribution in [2.24, 2.45) is 0 Å². The first-order valence-electron chi connectivity index (χ1n) is 5.66. The van der Waals surface area contributed by atoms with Gasteiger partial charge >= 0.3 is 0 Å². The van der Waals surface area contributed by atoms with Gasteiger partial charge in [-0.05, 0) is 17.5 Å². The van der Waals surface area contributed by atoms with Crippen LogP contribution in [-0.2, 0) is 0 Å². The average molecular weight is 293 g/mol. The van der Waals surface area contributed by atoms with E-state index in [0.717, 1.165) is 23.6 Å². The molecule has 0 saturated heterocycles. The quantitative estimate of drug-likeness (QED) is 0.659. The molecule has 0 fully saturated rings. The molecule has 0 bridgehead atoms. The molecule has 100 valence electrons. The van der Waals surface area contributed by atoms with Crippen molar-refractivity contribution in [2.75, 3.05) is 0 Å². The smallest absolute Gasteiger partial charge is 0.230 e. The van der Waals surface area contributed by atoms with Gasteiger partial charge in [0.2, 0.25) is 5.88 Å². The molecule has 0 amide bonds. The van der Waals surface area contributed by atoms with Crippen molar-refractivity contribution in [3.63, 3.8) is 0 Å². The summed E-state index contributed by atoms with van der Waals surface area (Å²) in [5, 5.41) is 1.47. The van der Waals surface area contributed by atoms with Gasteiger partial charge in [-0.15, -0.1) is 0 Å². The molecule has 2 heterocycles. The van der Waals surface area contributed by atoms with E-state index in [1.807, 2.05) is 0 Å². The predicted octanol–water partition coefficient (Wildman–Crippen LogP) is 4.35. The molecular formula is C14H7ClF2N2O. The fourth-order valence-corrected chi connectivity index (χ4v) is 2.07. The Bertz CT molecular complexity index is 770. The Hall–Kier alpha value is -2.27. The van der Waals surface area contributed by atoms with Crippen LogP contribution >= 0.6 is 11.6 Å². The zero-order chi connectivity index (χ0) is 14.1. The molecule has 0 saturated carbocycles. The van der Waals surface area contributed by atoms with E-state index in [0.29, 0.717) is 5.39 Å². The molecule has 2 aromatic heterocycles. The number of aromatic nitrogens is 2. The lowest BCUT2D eigenvalue weighted by molar-refractivity contribution is 0.457. The summed E-state index contributed by atoms with van der Waals surface area (Å²) in [6.45, 7) is 0. The third-order valence-electron chi connectivity index (χ3n) is 2.65. The van der Waals surface area contributed by atoms with Crippen molar-refractivity contribution in [3.8, 4) is 11.6 Å². The van der Waals surface area contributed by atoms with E-state index in [-0.39, 0.29) is 16.8 Å². The minimum atomic E-state index is -0.732. The minimum absolute atomic E-state index is 0.00224. The Balaban J connectivity index is 2.11. The fraction of sp³-hybridized carbons (Fsp3) is 0. The highest BCUT2D eigenvalue weighted by atomic mass is 35.5. The summed E-state index contributed by atoms with van der Waals surface area (Å²) in [4.78, 5) is 7.97. The number of rotatable bonds is 2. The minimum Gasteiger partial charge on any atom is -0.438 e. The Labute approximate surface area is 117 Å². The van der Waals surface area contributed by atoms with Crippen molar-refractivity contribution in [2.45, 2.75) is 0 Å². The van der Waals surface area contributed by atoms with Crippen molar-refractivity contribution >= 4 is 22.4 Å². The van der Waals surface area contributed by atoms with Crippen molar-refractivity contribution in [1.29, 1.82) is 0 Å². The molecule has 0 aliphatic heterocycles. The number of benzene rings is 1. The third kappa shape index (κ3) is 2.40. The molecule has 0 spiro atoms. The van der Waals surface area contributed by atoms with Crippen LogP contribution in [0.1, 0.15) is 0 Å². The molecule has 0 aliphatic rings. The number of hydrogen-bond acceptors (Lipinski definition) is 3. The molecule has 20 heavy (non-hydrogen) atoms. The first kappa shape index (κ1) is 12.7. The highest BCUT2D eigenvalue weighted by molar-refractivity contribution is 6.34. The number of ether oxygens (including phenoxy) is 1. The Morgan fingerprint density at radius 2 is 1.60 bits per heavy atom. The number of halogens is 3. The van der Waals surface area contributed by atoms with Gasteiger partial charge in [-0.1, -0.05) is 11.6 Å². The summed E-state index contributed by atoms with van der Waals surface area (Å²) in [5.74, 6) is -1.32. The lowest BCUT2D eigenvalue weighted by Gasteiger charge is -2.08. The molecule has 0 unspecified atom stereocenters. The summed E-state index contributed by atoms with van der Waals surface area (Å²) >= 11 is 6.01. The molecule has 1 aromatic carbocycles. The summed E-state index contributed by atoms with van der Waals surface area (Å²) in [6.07, 6.45) is 3.07. The Morgan fingerprint density at radius 3 is 2.30 bits per heavy atom. The Morgan fingerprint density at radius 1 is 0.950 bits per heavy atom. The van der Waals surface area contributed by atoms with Gasteiger partial charge in [0.25, 0.3) is 0 Å². The molecule has 0 atom stereocenters. The molecule has 3 rings (SSSR count). The molecular weight excluding hydrogens is 286 g/mol. The summed E-state index contributed by atoms with van der Waals surface area (Å²) < 4.78 is 31.7. The Kier molecular flexibility index (Phi) is 3.20. The van der Waals surface area contributed by atoms with Gasteiger partial charge in [0, 0.05) is 30.6 Å². The van der Waals surface area contributed by atoms with E-state index in [1.54, 1.807) is 18.3 Å². The van der Waals surface area contributed by atoms with Crippen LogP contribution in [0.5, 0.6) is 11.6 Å². The molecule has 3 nitrogen and oxygen atoms in total. The van der Waals surface area contributed by atoms with Gasteiger partial charge in [0.1, 0.15) is 22.5 Å². The second-order valence-corrected chi connectivity index (χ2v) is 4.38. The van der Waals surface area contributed by atoms with Crippen LogP contribution in [0.4, 0.5) is 8.78 Å². The van der Waals surface area contributed by atoms with E-state index >= 15 is 0 Å². The monoisotopic (exact) mass is 292 g/mol. The standard InChI is InChI=1S/C14H7ClF2N2O/c15-13-12-8(1-3-18-13)2-4-19-14(12)20-11-6-9(16)5-10(17)7-11/h1-7H. The van der Waals surface area contributed by atoms with E-state index < -0.39 is 11.6 Å². The van der Waals surface area contributed by atoms with Crippen LogP contribution in [-0.4, -0.2) is 9.97 Å². The SMILES string of the molecule is Fc1cc(F)cc(Oc2nccc3ccnc(Cl)c23)c1. The molecule has 0 aliphatic carbocycles. The van der Waals surface area contributed by atoms with Gasteiger partial charge in [0.05, 0.1) is 5.39 Å². The summed E-state index contributed by atoms with van der Waals surface area (Å²) in [5.41, 5.74) is 0. The average Bonchev–Trinajstić information content (AvgIpc) is 2.38. The van der Waals surface area contributed by atoms with Crippen molar-refractivity contribution in [1.82, 2.24) is 9.97 Å². The predicted molar refractivity (Wildman–Crippen MR) is 71.0 cm³/mol. The van der Waals surface area contributed by atoms with Gasteiger partial charge in [0.15, 0.2) is 0 Å². The van der Waals surface area contributed by atoms with Crippen LogP contribution in [0, 0.1) is 11.6 Å². The van der Waals surface area contributed by atoms with Gasteiger partial charge in [-0.3, -0.25) is 0 Å². The molecule has 0 radical (unpaired) electrons. The second-order valence-electron chi connectivity index (χ2n) is 4.02. The van der Waals surface area contributed by atoms with Crippen LogP contribution in [0.25, 0.3) is 10.8 Å². The lowest BCUT2D eigenvalue weighted by Crippen LogP contribution is -1.92. The van der Waals surface area contributed by atoms with Crippen LogP contribution < -0.4 is 4.74 Å². The first-order chi connectivity index (χ1) is 9.63. The van der Waals surface area contributed by atoms with Crippen LogP contribution in [0.2, 0.25) is 5.15 Å². The van der Waals surface area contributed by atoms with Gasteiger partial charge in [-0.25, -0.2) is 18.7 Å². The summed E-state index contributed by atoms with van der Waals surface area (Å²) in [6, 6.07) is 6.36. The maximum atomic E-state index is 13.1. The third-order valence-corrected chi connectivity index (χ3v) is 2.93. The van der Waals surface area contributed by atoms with Gasteiger partial charge in [-0.2, -0.15) is 0 Å². The number of hydrogen-bond donors (Lipinski definition) is 0. The van der Waals surface area contributed by atoms with E-state index in [1.165, 1.54) is 6.20 Å². The summed E-state index contributed by atoms with van der Waals surface area (Å²) in [7, 11) is 0. The number of fused-ring (bicyclic) bond motifs is 1. The van der Waals surface area contributed by atoms with Crippen LogP contribution in [0.15, 0.2) is 42.7 Å². The molecule has 0 N–H and O–H groups in total. The maximum absolute atomic E-state index is 13.1. The molecule has 3 aromatic rings. The zero-order valence-corrected chi connectivity index (χ0v) is 10.7. The van der Waals surface area contributed by atoms with Crippen molar-refractivity contribution < 1.29 is 13.5 Å². The van der Waals surface area contributed by atoms with E-state index in [4.69, 9.17) is 16.3 Å². The van der Waals surface area contributed by atoms with Crippen molar-refractivity contribution in [3.05, 3.63) is 59.5 Å². The lowest BCUT2D eigenvalue weighted by atomic mass is 10.2. The van der Waals surface area contributed by atoms with Crippen LogP contribution in [0.3, 0.4) is 0 Å². The number of pyridine rings is 2. The molecule has 6 heteroatoms. The maximum Gasteiger partial charge on any atom is 0.230 e. The number of nitrogens with zero attached hydrogens (tertiary/aromatic N) is 2.